The monoisotopic (exact) mass is 320 g/mol. The van der Waals surface area contributed by atoms with Crippen molar-refractivity contribution in [3.05, 3.63) is 29.3 Å². The van der Waals surface area contributed by atoms with Crippen molar-refractivity contribution in [1.29, 1.82) is 0 Å². The summed E-state index contributed by atoms with van der Waals surface area (Å²) in [6.45, 7) is 2.17. The highest BCUT2D eigenvalue weighted by molar-refractivity contribution is 7.80. The predicted octanol–water partition coefficient (Wildman–Crippen LogP) is 1.35. The molecule has 0 bridgehead atoms. The van der Waals surface area contributed by atoms with Crippen LogP contribution in [0.3, 0.4) is 0 Å². The minimum atomic E-state index is -0.516. The highest BCUT2D eigenvalue weighted by Crippen LogP contribution is 2.27. The summed E-state index contributed by atoms with van der Waals surface area (Å²) < 4.78 is 10.4. The van der Waals surface area contributed by atoms with E-state index in [9.17, 15) is 9.59 Å². The number of rotatable bonds is 4. The molecule has 1 aromatic rings. The number of carbonyl (C=O) groups excluding carboxylic acids is 2. The largest absolute Gasteiger partial charge is 0.497 e. The van der Waals surface area contributed by atoms with E-state index in [1.54, 1.807) is 32.2 Å². The number of amides is 2. The lowest BCUT2D eigenvalue weighted by Gasteiger charge is -2.27. The van der Waals surface area contributed by atoms with E-state index in [4.69, 9.17) is 21.7 Å². The fourth-order valence-corrected chi connectivity index (χ4v) is 2.38. The molecule has 2 rings (SSSR count). The van der Waals surface area contributed by atoms with E-state index < -0.39 is 11.8 Å². The Morgan fingerprint density at radius 2 is 2.00 bits per heavy atom. The lowest BCUT2D eigenvalue weighted by atomic mass is 10.1. The van der Waals surface area contributed by atoms with Crippen molar-refractivity contribution in [2.45, 2.75) is 6.92 Å². The SMILES string of the molecule is CCN1C(=O)/C(=C/c2ccc(OC)cc2OC)C(=O)NC1=S. The quantitative estimate of drug-likeness (QED) is 0.515. The molecule has 0 saturated carbocycles. The van der Waals surface area contributed by atoms with Crippen LogP contribution in [0.25, 0.3) is 6.08 Å². The topological polar surface area (TPSA) is 67.9 Å². The van der Waals surface area contributed by atoms with Crippen molar-refractivity contribution >= 4 is 35.2 Å². The van der Waals surface area contributed by atoms with Gasteiger partial charge in [-0.2, -0.15) is 0 Å². The number of hydrogen-bond acceptors (Lipinski definition) is 5. The van der Waals surface area contributed by atoms with Gasteiger partial charge in [0.15, 0.2) is 5.11 Å². The second-order valence-corrected chi connectivity index (χ2v) is 4.86. The molecular weight excluding hydrogens is 304 g/mol. The Balaban J connectivity index is 2.45. The van der Waals surface area contributed by atoms with Crippen LogP contribution in [0.4, 0.5) is 0 Å². The molecule has 2 amide bonds. The van der Waals surface area contributed by atoms with Gasteiger partial charge in [-0.05, 0) is 37.4 Å². The smallest absolute Gasteiger partial charge is 0.265 e. The molecule has 0 atom stereocenters. The Morgan fingerprint density at radius 1 is 1.27 bits per heavy atom. The first-order chi connectivity index (χ1) is 10.5. The van der Waals surface area contributed by atoms with Crippen LogP contribution in [-0.2, 0) is 9.59 Å². The third-order valence-electron chi connectivity index (χ3n) is 3.24. The number of ether oxygens (including phenoxy) is 2. The zero-order valence-corrected chi connectivity index (χ0v) is 13.3. The van der Waals surface area contributed by atoms with Crippen LogP contribution in [0.1, 0.15) is 12.5 Å². The Labute approximate surface area is 133 Å². The van der Waals surface area contributed by atoms with Crippen LogP contribution in [0, 0.1) is 0 Å². The number of nitrogens with one attached hydrogen (secondary N) is 1. The van der Waals surface area contributed by atoms with E-state index >= 15 is 0 Å². The molecule has 0 unspecified atom stereocenters. The van der Waals surface area contributed by atoms with Gasteiger partial charge >= 0.3 is 0 Å². The molecule has 1 aromatic carbocycles. The summed E-state index contributed by atoms with van der Waals surface area (Å²) in [6, 6.07) is 5.12. The van der Waals surface area contributed by atoms with Crippen molar-refractivity contribution in [3.63, 3.8) is 0 Å². The predicted molar refractivity (Wildman–Crippen MR) is 85.7 cm³/mol. The lowest BCUT2D eigenvalue weighted by molar-refractivity contribution is -0.128. The van der Waals surface area contributed by atoms with Gasteiger partial charge in [-0.15, -0.1) is 0 Å². The molecule has 1 N–H and O–H groups in total. The Morgan fingerprint density at radius 3 is 2.59 bits per heavy atom. The summed E-state index contributed by atoms with van der Waals surface area (Å²) in [7, 11) is 3.05. The summed E-state index contributed by atoms with van der Waals surface area (Å²) in [5.41, 5.74) is 0.615. The third kappa shape index (κ3) is 2.94. The molecule has 7 heteroatoms. The molecule has 1 aliphatic rings. The van der Waals surface area contributed by atoms with Gasteiger partial charge in [0, 0.05) is 18.2 Å². The fourth-order valence-electron chi connectivity index (χ4n) is 2.07. The second kappa shape index (κ2) is 6.57. The van der Waals surface area contributed by atoms with E-state index in [1.165, 1.54) is 18.1 Å². The van der Waals surface area contributed by atoms with Crippen molar-refractivity contribution < 1.29 is 19.1 Å². The van der Waals surface area contributed by atoms with Crippen molar-refractivity contribution in [1.82, 2.24) is 10.2 Å². The molecule has 1 saturated heterocycles. The first-order valence-electron chi connectivity index (χ1n) is 6.62. The molecule has 0 aromatic heterocycles. The Hall–Kier alpha value is -2.41. The first kappa shape index (κ1) is 16.0. The maximum Gasteiger partial charge on any atom is 0.265 e. The summed E-state index contributed by atoms with van der Waals surface area (Å²) in [5, 5.41) is 2.63. The number of nitrogens with zero attached hydrogens (tertiary/aromatic N) is 1. The van der Waals surface area contributed by atoms with Gasteiger partial charge in [-0.1, -0.05) is 0 Å². The number of likely N-dealkylation sites (N-methyl/N-ethyl adjacent to an activating group) is 1. The number of hydrogen-bond donors (Lipinski definition) is 1. The molecule has 0 aliphatic carbocycles. The average molecular weight is 320 g/mol. The molecule has 6 nitrogen and oxygen atoms in total. The molecule has 22 heavy (non-hydrogen) atoms. The van der Waals surface area contributed by atoms with E-state index in [1.807, 2.05) is 0 Å². The minimum Gasteiger partial charge on any atom is -0.497 e. The highest BCUT2D eigenvalue weighted by atomic mass is 32.1. The van der Waals surface area contributed by atoms with Crippen LogP contribution in [-0.4, -0.2) is 42.6 Å². The molecular formula is C15H16N2O4S. The average Bonchev–Trinajstić information content (AvgIpc) is 2.51. The maximum atomic E-state index is 12.3. The van der Waals surface area contributed by atoms with Gasteiger partial charge in [-0.3, -0.25) is 19.8 Å². The Kier molecular flexibility index (Phi) is 4.77. The zero-order chi connectivity index (χ0) is 16.3. The van der Waals surface area contributed by atoms with E-state index in [2.05, 4.69) is 5.32 Å². The summed E-state index contributed by atoms with van der Waals surface area (Å²) in [4.78, 5) is 25.7. The second-order valence-electron chi connectivity index (χ2n) is 4.47. The summed E-state index contributed by atoms with van der Waals surface area (Å²) in [6.07, 6.45) is 1.49. The Bertz CT molecular complexity index is 670. The minimum absolute atomic E-state index is 0.0129. The number of methoxy groups -OCH3 is 2. The summed E-state index contributed by atoms with van der Waals surface area (Å²) >= 11 is 4.98. The first-order valence-corrected chi connectivity index (χ1v) is 7.03. The fraction of sp³-hybridized carbons (Fsp3) is 0.267. The molecule has 1 heterocycles. The number of carbonyl (C=O) groups is 2. The normalized spacial score (nSPS) is 16.8. The van der Waals surface area contributed by atoms with Crippen molar-refractivity contribution in [2.75, 3.05) is 20.8 Å². The lowest BCUT2D eigenvalue weighted by Crippen LogP contribution is -2.53. The highest BCUT2D eigenvalue weighted by Gasteiger charge is 2.32. The van der Waals surface area contributed by atoms with Gasteiger partial charge in [-0.25, -0.2) is 0 Å². The van der Waals surface area contributed by atoms with Crippen LogP contribution < -0.4 is 14.8 Å². The van der Waals surface area contributed by atoms with Crippen molar-refractivity contribution in [2.24, 2.45) is 0 Å². The molecule has 1 fully saturated rings. The number of benzene rings is 1. The van der Waals surface area contributed by atoms with Crippen LogP contribution in [0.2, 0.25) is 0 Å². The van der Waals surface area contributed by atoms with Crippen LogP contribution >= 0.6 is 12.2 Å². The molecule has 1 aliphatic heterocycles. The molecule has 0 radical (unpaired) electrons. The van der Waals surface area contributed by atoms with Crippen LogP contribution in [0.5, 0.6) is 11.5 Å². The van der Waals surface area contributed by atoms with E-state index in [0.29, 0.717) is 23.6 Å². The third-order valence-corrected chi connectivity index (χ3v) is 3.56. The van der Waals surface area contributed by atoms with E-state index in [-0.39, 0.29) is 10.7 Å². The molecule has 116 valence electrons. The number of thiocarbonyl (C=S) groups is 1. The molecule has 0 spiro atoms. The van der Waals surface area contributed by atoms with Gasteiger partial charge in [0.1, 0.15) is 17.1 Å². The van der Waals surface area contributed by atoms with Crippen molar-refractivity contribution in [3.8, 4) is 11.5 Å². The van der Waals surface area contributed by atoms with Gasteiger partial charge in [0.25, 0.3) is 11.8 Å². The zero-order valence-electron chi connectivity index (χ0n) is 12.5. The van der Waals surface area contributed by atoms with Gasteiger partial charge in [0.05, 0.1) is 14.2 Å². The van der Waals surface area contributed by atoms with Gasteiger partial charge < -0.3 is 9.47 Å². The maximum absolute atomic E-state index is 12.3. The van der Waals surface area contributed by atoms with Crippen LogP contribution in [0.15, 0.2) is 23.8 Å². The van der Waals surface area contributed by atoms with Gasteiger partial charge in [0.2, 0.25) is 0 Å². The summed E-state index contributed by atoms with van der Waals surface area (Å²) in [5.74, 6) is 0.185. The standard InChI is InChI=1S/C15H16N2O4S/c1-4-17-14(19)11(13(18)16-15(17)22)7-9-5-6-10(20-2)8-12(9)21-3/h5-8H,4H2,1-3H3,(H,16,18,22)/b11-7+. The van der Waals surface area contributed by atoms with E-state index in [0.717, 1.165) is 0 Å².